The maximum absolute atomic E-state index is 13.7. The number of nitrogens with zero attached hydrogens (tertiary/aromatic N) is 3. The van der Waals surface area contributed by atoms with Crippen LogP contribution in [0.15, 0.2) is 35.7 Å². The van der Waals surface area contributed by atoms with Crippen LogP contribution >= 0.6 is 11.6 Å². The second kappa shape index (κ2) is 7.21. The molecule has 0 radical (unpaired) electrons. The third-order valence-corrected chi connectivity index (χ3v) is 2.71. The number of alkyl halides is 3. The third kappa shape index (κ3) is 4.62. The number of hydrogen-bond donors (Lipinski definition) is 1. The Balaban J connectivity index is 2.17. The number of benzene rings is 1. The van der Waals surface area contributed by atoms with Crippen molar-refractivity contribution in [2.24, 2.45) is 5.10 Å². The molecule has 1 aromatic carbocycles. The van der Waals surface area contributed by atoms with Crippen molar-refractivity contribution in [2.45, 2.75) is 6.18 Å². The van der Waals surface area contributed by atoms with Crippen molar-refractivity contribution in [3.05, 3.63) is 41.4 Å². The summed E-state index contributed by atoms with van der Waals surface area (Å²) in [6.45, 7) is 0. The van der Waals surface area contributed by atoms with Gasteiger partial charge in [0.1, 0.15) is 5.82 Å². The van der Waals surface area contributed by atoms with Gasteiger partial charge in [0.15, 0.2) is 5.75 Å². The monoisotopic (exact) mass is 362 g/mol. The molecule has 0 unspecified atom stereocenters. The van der Waals surface area contributed by atoms with Gasteiger partial charge in [-0.25, -0.2) is 14.4 Å². The van der Waals surface area contributed by atoms with Crippen molar-refractivity contribution in [1.29, 1.82) is 0 Å². The van der Waals surface area contributed by atoms with Gasteiger partial charge in [0.25, 0.3) is 5.78 Å². The first-order chi connectivity index (χ1) is 11.3. The predicted molar refractivity (Wildman–Crippen MR) is 76.7 cm³/mol. The molecule has 6 nitrogen and oxygen atoms in total. The van der Waals surface area contributed by atoms with Gasteiger partial charge in [0, 0.05) is 18.5 Å². The molecule has 0 amide bonds. The molecule has 2 rings (SSSR count). The Morgan fingerprint density at radius 1 is 1.29 bits per heavy atom. The lowest BCUT2D eigenvalue weighted by atomic mass is 10.3. The Bertz CT molecular complexity index is 769. The van der Waals surface area contributed by atoms with Gasteiger partial charge in [-0.2, -0.15) is 18.3 Å². The largest absolute Gasteiger partial charge is 0.455 e. The zero-order chi connectivity index (χ0) is 17.7. The van der Waals surface area contributed by atoms with Crippen LogP contribution in [0.1, 0.15) is 0 Å². The number of anilines is 1. The van der Waals surface area contributed by atoms with Gasteiger partial charge in [-0.05, 0) is 12.1 Å². The zero-order valence-electron chi connectivity index (χ0n) is 11.5. The second-order valence-electron chi connectivity index (χ2n) is 4.13. The number of hydrogen-bond acceptors (Lipinski definition) is 6. The number of nitrogens with one attached hydrogen (secondary N) is 1. The maximum atomic E-state index is 13.7. The highest BCUT2D eigenvalue weighted by molar-refractivity contribution is 6.32. The van der Waals surface area contributed by atoms with E-state index < -0.39 is 17.8 Å². The topological polar surface area (TPSA) is 76.5 Å². The Labute approximate surface area is 137 Å². The van der Waals surface area contributed by atoms with Crippen LogP contribution in [0.25, 0.3) is 0 Å². The summed E-state index contributed by atoms with van der Waals surface area (Å²) in [7, 11) is 0. The molecule has 1 N–H and O–H groups in total. The first-order valence-corrected chi connectivity index (χ1v) is 6.49. The van der Waals surface area contributed by atoms with E-state index in [1.54, 1.807) is 6.07 Å². The molecule has 0 saturated carbocycles. The highest BCUT2D eigenvalue weighted by atomic mass is 35.5. The lowest BCUT2D eigenvalue weighted by Crippen LogP contribution is -2.24. The number of halogens is 5. The molecule has 126 valence electrons. The Kier molecular flexibility index (Phi) is 5.29. The van der Waals surface area contributed by atoms with E-state index in [4.69, 9.17) is 16.3 Å². The first-order valence-electron chi connectivity index (χ1n) is 6.11. The van der Waals surface area contributed by atoms with Gasteiger partial charge < -0.3 is 4.74 Å². The average molecular weight is 363 g/mol. The summed E-state index contributed by atoms with van der Waals surface area (Å²) in [5.41, 5.74) is 1.60. The van der Waals surface area contributed by atoms with E-state index in [1.165, 1.54) is 12.4 Å². The molecule has 0 atom stereocenters. The average Bonchev–Trinajstić information content (AvgIpc) is 2.51. The van der Waals surface area contributed by atoms with Crippen molar-refractivity contribution in [1.82, 2.24) is 9.97 Å². The SMILES string of the molecule is O=C(C=NNc1cc(Oc2ncccn2)c(Cl)cc1F)C(F)(F)F. The maximum Gasteiger partial charge on any atom is 0.455 e. The summed E-state index contributed by atoms with van der Waals surface area (Å²) in [4.78, 5) is 18.2. The minimum absolute atomic E-state index is 0.0190. The number of ketones is 1. The van der Waals surface area contributed by atoms with Crippen molar-refractivity contribution in [3.63, 3.8) is 0 Å². The third-order valence-electron chi connectivity index (χ3n) is 2.41. The van der Waals surface area contributed by atoms with Crippen LogP contribution in [0.2, 0.25) is 5.02 Å². The van der Waals surface area contributed by atoms with E-state index >= 15 is 0 Å². The van der Waals surface area contributed by atoms with Crippen molar-refractivity contribution in [3.8, 4) is 11.8 Å². The molecule has 0 bridgehead atoms. The van der Waals surface area contributed by atoms with Crippen LogP contribution in [0.5, 0.6) is 11.8 Å². The fourth-order valence-corrected chi connectivity index (χ4v) is 1.55. The van der Waals surface area contributed by atoms with E-state index in [1.807, 2.05) is 5.43 Å². The normalized spacial score (nSPS) is 11.5. The Morgan fingerprint density at radius 3 is 2.58 bits per heavy atom. The van der Waals surface area contributed by atoms with Crippen molar-refractivity contribution < 1.29 is 27.1 Å². The lowest BCUT2D eigenvalue weighted by Gasteiger charge is -2.09. The molecule has 0 aliphatic carbocycles. The molecule has 0 saturated heterocycles. The summed E-state index contributed by atoms with van der Waals surface area (Å²) < 4.78 is 55.0. The molecule has 0 aliphatic heterocycles. The summed E-state index contributed by atoms with van der Waals surface area (Å²) in [6.07, 6.45) is -2.30. The van der Waals surface area contributed by atoms with Crippen LogP contribution in [0, 0.1) is 5.82 Å². The van der Waals surface area contributed by atoms with Gasteiger partial charge in [-0.1, -0.05) is 11.6 Å². The zero-order valence-corrected chi connectivity index (χ0v) is 12.3. The highest BCUT2D eigenvalue weighted by Gasteiger charge is 2.36. The smallest absolute Gasteiger partial charge is 0.423 e. The van der Waals surface area contributed by atoms with E-state index in [-0.39, 0.29) is 28.7 Å². The number of ether oxygens (including phenoxy) is 1. The minimum Gasteiger partial charge on any atom is -0.423 e. The molecular weight excluding hydrogens is 356 g/mol. The minimum atomic E-state index is -5.07. The summed E-state index contributed by atoms with van der Waals surface area (Å²) in [5.74, 6) is -3.18. The number of carbonyl (C=O) groups is 1. The van der Waals surface area contributed by atoms with Crippen molar-refractivity contribution in [2.75, 3.05) is 5.43 Å². The first kappa shape index (κ1) is 17.6. The van der Waals surface area contributed by atoms with Gasteiger partial charge >= 0.3 is 12.2 Å². The fraction of sp³-hybridized carbons (Fsp3) is 0.0769. The number of hydrazone groups is 1. The van der Waals surface area contributed by atoms with Gasteiger partial charge in [0.2, 0.25) is 0 Å². The molecule has 1 heterocycles. The van der Waals surface area contributed by atoms with Crippen LogP contribution in [-0.2, 0) is 4.79 Å². The van der Waals surface area contributed by atoms with Crippen LogP contribution in [0.3, 0.4) is 0 Å². The summed E-state index contributed by atoms with van der Waals surface area (Å²) in [6, 6.07) is 3.35. The Hall–Kier alpha value is -2.75. The van der Waals surface area contributed by atoms with Gasteiger partial charge in [-0.3, -0.25) is 10.2 Å². The Morgan fingerprint density at radius 2 is 1.96 bits per heavy atom. The quantitative estimate of drug-likeness (QED) is 0.499. The number of Topliss-reactive ketones (excluding diaryl/α,β-unsaturated/α-hetero) is 1. The molecule has 0 fully saturated rings. The van der Waals surface area contributed by atoms with Crippen LogP contribution in [-0.4, -0.2) is 28.1 Å². The number of rotatable bonds is 5. The van der Waals surface area contributed by atoms with E-state index in [0.29, 0.717) is 0 Å². The van der Waals surface area contributed by atoms with Gasteiger partial charge in [0.05, 0.1) is 16.9 Å². The molecule has 1 aromatic heterocycles. The molecule has 11 heteroatoms. The standard InChI is InChI=1S/C13H7ClF4N4O2/c14-7-4-8(15)9(22-21-6-11(23)13(16,17)18)5-10(7)24-12-19-2-1-3-20-12/h1-6,22H. The highest BCUT2D eigenvalue weighted by Crippen LogP contribution is 2.32. The van der Waals surface area contributed by atoms with Gasteiger partial charge in [-0.15, -0.1) is 0 Å². The summed E-state index contributed by atoms with van der Waals surface area (Å²) in [5, 5.41) is 2.91. The predicted octanol–water partition coefficient (Wildman–Crippen LogP) is 3.59. The second-order valence-corrected chi connectivity index (χ2v) is 4.54. The number of aromatic nitrogens is 2. The molecule has 0 aliphatic rings. The van der Waals surface area contributed by atoms with Crippen LogP contribution < -0.4 is 10.2 Å². The van der Waals surface area contributed by atoms with E-state index in [2.05, 4.69) is 15.1 Å². The fourth-order valence-electron chi connectivity index (χ4n) is 1.36. The summed E-state index contributed by atoms with van der Waals surface area (Å²) >= 11 is 5.81. The lowest BCUT2D eigenvalue weighted by molar-refractivity contribution is -0.162. The van der Waals surface area contributed by atoms with E-state index in [0.717, 1.165) is 12.1 Å². The molecule has 2 aromatic rings. The molecular formula is C13H7ClF4N4O2. The van der Waals surface area contributed by atoms with Crippen LogP contribution in [0.4, 0.5) is 23.2 Å². The molecule has 0 spiro atoms. The molecule has 24 heavy (non-hydrogen) atoms. The number of carbonyl (C=O) groups excluding carboxylic acids is 1. The van der Waals surface area contributed by atoms with E-state index in [9.17, 15) is 22.4 Å². The van der Waals surface area contributed by atoms with Crippen molar-refractivity contribution >= 4 is 29.3 Å².